The zero-order valence-electron chi connectivity index (χ0n) is 8.05. The van der Waals surface area contributed by atoms with E-state index in [4.69, 9.17) is 16.3 Å². The first-order valence-corrected chi connectivity index (χ1v) is 5.63. The van der Waals surface area contributed by atoms with Crippen molar-refractivity contribution in [3.8, 4) is 0 Å². The standard InChI is InChI=1S/C8H14ClN3OS/c1-13-5-4-10-2-3-11-8-12-7(9)6-14-8/h6,10H,2-5H2,1H3,(H,11,12). The summed E-state index contributed by atoms with van der Waals surface area (Å²) in [5.74, 6) is 0. The Morgan fingerprint density at radius 3 is 3.00 bits per heavy atom. The predicted octanol–water partition coefficient (Wildman–Crippen LogP) is 1.44. The maximum Gasteiger partial charge on any atom is 0.184 e. The molecule has 0 saturated carbocycles. The molecule has 0 saturated heterocycles. The summed E-state index contributed by atoms with van der Waals surface area (Å²) in [6, 6.07) is 0. The number of aromatic nitrogens is 1. The van der Waals surface area contributed by atoms with Crippen LogP contribution in [0.25, 0.3) is 0 Å². The van der Waals surface area contributed by atoms with E-state index in [2.05, 4.69) is 15.6 Å². The van der Waals surface area contributed by atoms with E-state index in [1.807, 2.05) is 5.38 Å². The van der Waals surface area contributed by atoms with Gasteiger partial charge in [-0.25, -0.2) is 4.98 Å². The molecule has 0 spiro atoms. The van der Waals surface area contributed by atoms with Gasteiger partial charge in [-0.1, -0.05) is 11.6 Å². The van der Waals surface area contributed by atoms with Crippen molar-refractivity contribution in [1.82, 2.24) is 10.3 Å². The van der Waals surface area contributed by atoms with Gasteiger partial charge in [-0.2, -0.15) is 0 Å². The van der Waals surface area contributed by atoms with Gasteiger partial charge in [0, 0.05) is 32.1 Å². The summed E-state index contributed by atoms with van der Waals surface area (Å²) in [4.78, 5) is 4.07. The second kappa shape index (κ2) is 7.00. The van der Waals surface area contributed by atoms with Crippen molar-refractivity contribution in [2.24, 2.45) is 0 Å². The van der Waals surface area contributed by atoms with Crippen LogP contribution in [-0.4, -0.2) is 38.3 Å². The maximum absolute atomic E-state index is 5.67. The lowest BCUT2D eigenvalue weighted by Crippen LogP contribution is -2.25. The minimum atomic E-state index is 0.546. The van der Waals surface area contributed by atoms with E-state index in [1.165, 1.54) is 11.3 Å². The third-order valence-corrected chi connectivity index (χ3v) is 2.66. The third-order valence-electron chi connectivity index (χ3n) is 1.54. The Labute approximate surface area is 92.6 Å². The summed E-state index contributed by atoms with van der Waals surface area (Å²) in [6.45, 7) is 3.34. The van der Waals surface area contributed by atoms with Gasteiger partial charge in [0.15, 0.2) is 5.13 Å². The van der Waals surface area contributed by atoms with Crippen LogP contribution in [0.5, 0.6) is 0 Å². The van der Waals surface area contributed by atoms with E-state index < -0.39 is 0 Å². The number of ether oxygens (including phenoxy) is 1. The number of anilines is 1. The first kappa shape index (κ1) is 11.7. The highest BCUT2D eigenvalue weighted by molar-refractivity contribution is 7.14. The summed E-state index contributed by atoms with van der Waals surface area (Å²) in [5, 5.41) is 9.60. The molecule has 0 radical (unpaired) electrons. The molecule has 1 aromatic heterocycles. The molecule has 0 aliphatic carbocycles. The Morgan fingerprint density at radius 2 is 2.36 bits per heavy atom. The van der Waals surface area contributed by atoms with Crippen molar-refractivity contribution in [1.29, 1.82) is 0 Å². The van der Waals surface area contributed by atoms with Crippen molar-refractivity contribution >= 4 is 28.1 Å². The van der Waals surface area contributed by atoms with Crippen molar-refractivity contribution < 1.29 is 4.74 Å². The van der Waals surface area contributed by atoms with E-state index >= 15 is 0 Å². The van der Waals surface area contributed by atoms with Crippen LogP contribution in [0, 0.1) is 0 Å². The summed E-state index contributed by atoms with van der Waals surface area (Å²) >= 11 is 7.18. The topological polar surface area (TPSA) is 46.2 Å². The molecule has 1 heterocycles. The van der Waals surface area contributed by atoms with Gasteiger partial charge in [0.25, 0.3) is 0 Å². The highest BCUT2D eigenvalue weighted by Gasteiger charge is 1.96. The number of methoxy groups -OCH3 is 1. The predicted molar refractivity (Wildman–Crippen MR) is 60.4 cm³/mol. The van der Waals surface area contributed by atoms with Gasteiger partial charge < -0.3 is 15.4 Å². The Kier molecular flexibility index (Phi) is 5.86. The van der Waals surface area contributed by atoms with E-state index in [1.54, 1.807) is 7.11 Å². The minimum Gasteiger partial charge on any atom is -0.383 e. The average Bonchev–Trinajstić information content (AvgIpc) is 2.58. The number of hydrogen-bond acceptors (Lipinski definition) is 5. The van der Waals surface area contributed by atoms with Gasteiger partial charge in [0.05, 0.1) is 6.61 Å². The molecule has 0 aliphatic heterocycles. The second-order valence-electron chi connectivity index (χ2n) is 2.64. The van der Waals surface area contributed by atoms with Crippen molar-refractivity contribution in [2.75, 3.05) is 38.7 Å². The molecule has 1 aromatic rings. The van der Waals surface area contributed by atoms with Crippen LogP contribution in [0.4, 0.5) is 5.13 Å². The quantitative estimate of drug-likeness (QED) is 0.703. The molecular weight excluding hydrogens is 222 g/mol. The number of halogens is 1. The van der Waals surface area contributed by atoms with Gasteiger partial charge in [-0.05, 0) is 0 Å². The van der Waals surface area contributed by atoms with Gasteiger partial charge in [0.2, 0.25) is 0 Å². The fraction of sp³-hybridized carbons (Fsp3) is 0.625. The van der Waals surface area contributed by atoms with E-state index in [-0.39, 0.29) is 0 Å². The van der Waals surface area contributed by atoms with Crippen LogP contribution in [-0.2, 0) is 4.74 Å². The first-order valence-electron chi connectivity index (χ1n) is 4.37. The van der Waals surface area contributed by atoms with Gasteiger partial charge >= 0.3 is 0 Å². The fourth-order valence-corrected chi connectivity index (χ4v) is 1.76. The molecule has 4 nitrogen and oxygen atoms in total. The average molecular weight is 236 g/mol. The first-order chi connectivity index (χ1) is 6.83. The zero-order chi connectivity index (χ0) is 10.2. The molecule has 0 bridgehead atoms. The van der Waals surface area contributed by atoms with Gasteiger partial charge in [-0.15, -0.1) is 11.3 Å². The molecule has 2 N–H and O–H groups in total. The van der Waals surface area contributed by atoms with Crippen LogP contribution in [0.15, 0.2) is 5.38 Å². The summed E-state index contributed by atoms with van der Waals surface area (Å²) in [6.07, 6.45) is 0. The minimum absolute atomic E-state index is 0.546. The SMILES string of the molecule is COCCNCCNc1nc(Cl)cs1. The molecule has 14 heavy (non-hydrogen) atoms. The Hall–Kier alpha value is -0.360. The zero-order valence-corrected chi connectivity index (χ0v) is 9.62. The Morgan fingerprint density at radius 1 is 1.50 bits per heavy atom. The molecule has 0 aliphatic rings. The molecule has 1 rings (SSSR count). The highest BCUT2D eigenvalue weighted by atomic mass is 35.5. The molecule has 0 unspecified atom stereocenters. The number of nitrogens with zero attached hydrogens (tertiary/aromatic N) is 1. The van der Waals surface area contributed by atoms with Crippen LogP contribution < -0.4 is 10.6 Å². The number of nitrogens with one attached hydrogen (secondary N) is 2. The van der Waals surface area contributed by atoms with Crippen LogP contribution in [0.2, 0.25) is 5.15 Å². The largest absolute Gasteiger partial charge is 0.383 e. The van der Waals surface area contributed by atoms with Gasteiger partial charge in [-0.3, -0.25) is 0 Å². The monoisotopic (exact) mass is 235 g/mol. The second-order valence-corrected chi connectivity index (χ2v) is 3.89. The number of hydrogen-bond donors (Lipinski definition) is 2. The lowest BCUT2D eigenvalue weighted by molar-refractivity contribution is 0.200. The molecule has 0 aromatic carbocycles. The normalized spacial score (nSPS) is 10.4. The smallest absolute Gasteiger partial charge is 0.184 e. The number of thiazole rings is 1. The summed E-state index contributed by atoms with van der Waals surface area (Å²) < 4.78 is 4.90. The van der Waals surface area contributed by atoms with Crippen molar-refractivity contribution in [2.45, 2.75) is 0 Å². The summed E-state index contributed by atoms with van der Waals surface area (Å²) in [5.41, 5.74) is 0. The van der Waals surface area contributed by atoms with E-state index in [0.717, 1.165) is 31.4 Å². The highest BCUT2D eigenvalue weighted by Crippen LogP contribution is 2.17. The molecule has 6 heteroatoms. The van der Waals surface area contributed by atoms with Crippen molar-refractivity contribution in [3.05, 3.63) is 10.5 Å². The maximum atomic E-state index is 5.67. The van der Waals surface area contributed by atoms with E-state index in [0.29, 0.717) is 5.15 Å². The van der Waals surface area contributed by atoms with Crippen LogP contribution in [0.1, 0.15) is 0 Å². The van der Waals surface area contributed by atoms with Crippen molar-refractivity contribution in [3.63, 3.8) is 0 Å². The Bertz CT molecular complexity index is 256. The lowest BCUT2D eigenvalue weighted by Gasteiger charge is -2.04. The van der Waals surface area contributed by atoms with Crippen LogP contribution >= 0.6 is 22.9 Å². The fourth-order valence-electron chi connectivity index (χ4n) is 0.892. The molecule has 0 atom stereocenters. The van der Waals surface area contributed by atoms with Gasteiger partial charge in [0.1, 0.15) is 5.15 Å². The van der Waals surface area contributed by atoms with Crippen LogP contribution in [0.3, 0.4) is 0 Å². The van der Waals surface area contributed by atoms with E-state index in [9.17, 15) is 0 Å². The molecular formula is C8H14ClN3OS. The summed E-state index contributed by atoms with van der Waals surface area (Å²) in [7, 11) is 1.69. The third kappa shape index (κ3) is 4.76. The Balaban J connectivity index is 1.99. The molecule has 0 amide bonds. The molecule has 80 valence electrons. The lowest BCUT2D eigenvalue weighted by atomic mass is 10.6. The number of rotatable bonds is 7. The molecule has 0 fully saturated rings.